The van der Waals surface area contributed by atoms with Crippen LogP contribution in [0.5, 0.6) is 5.75 Å². The van der Waals surface area contributed by atoms with E-state index in [1.54, 1.807) is 7.11 Å². The number of morpholine rings is 1. The number of nitrogens with zero attached hydrogens (tertiary/aromatic N) is 2. The van der Waals surface area contributed by atoms with Crippen LogP contribution in [-0.2, 0) is 11.3 Å². The molecule has 0 aliphatic carbocycles. The van der Waals surface area contributed by atoms with E-state index < -0.39 is 0 Å². The Morgan fingerprint density at radius 1 is 1.24 bits per heavy atom. The summed E-state index contributed by atoms with van der Waals surface area (Å²) in [5.74, 6) is 1.75. The van der Waals surface area contributed by atoms with E-state index in [1.165, 1.54) is 5.56 Å². The molecule has 0 amide bonds. The Bertz CT molecular complexity index is 542. The number of aryl methyl sites for hydroxylation is 1. The zero-order valence-corrected chi connectivity index (χ0v) is 15.8. The van der Waals surface area contributed by atoms with Crippen LogP contribution in [0.4, 0.5) is 0 Å². The molecule has 0 bridgehead atoms. The summed E-state index contributed by atoms with van der Waals surface area (Å²) in [6.45, 7) is 11.5. The van der Waals surface area contributed by atoms with Gasteiger partial charge in [0.05, 0.1) is 26.9 Å². The van der Waals surface area contributed by atoms with Gasteiger partial charge in [-0.1, -0.05) is 6.07 Å². The van der Waals surface area contributed by atoms with E-state index in [0.29, 0.717) is 6.54 Å². The molecule has 0 spiro atoms. The Kier molecular flexibility index (Phi) is 8.55. The Labute approximate surface area is 151 Å². The highest BCUT2D eigenvalue weighted by Crippen LogP contribution is 2.16. The molecule has 2 N–H and O–H groups in total. The first-order valence-electron chi connectivity index (χ1n) is 9.18. The first kappa shape index (κ1) is 19.5. The van der Waals surface area contributed by atoms with Gasteiger partial charge in [-0.2, -0.15) is 0 Å². The monoisotopic (exact) mass is 348 g/mol. The Balaban J connectivity index is 1.80. The molecule has 1 aliphatic heterocycles. The first-order valence-corrected chi connectivity index (χ1v) is 9.18. The maximum absolute atomic E-state index is 5.38. The van der Waals surface area contributed by atoms with Crippen molar-refractivity contribution in [2.24, 2.45) is 4.99 Å². The van der Waals surface area contributed by atoms with Crippen LogP contribution in [0.1, 0.15) is 24.5 Å². The molecule has 0 aromatic heterocycles. The van der Waals surface area contributed by atoms with Crippen LogP contribution in [-0.4, -0.2) is 63.9 Å². The number of methoxy groups -OCH3 is 1. The second-order valence-corrected chi connectivity index (χ2v) is 6.29. The van der Waals surface area contributed by atoms with Gasteiger partial charge in [0.15, 0.2) is 5.96 Å². The van der Waals surface area contributed by atoms with E-state index in [2.05, 4.69) is 40.4 Å². The maximum Gasteiger partial charge on any atom is 0.191 e. The summed E-state index contributed by atoms with van der Waals surface area (Å²) >= 11 is 0. The van der Waals surface area contributed by atoms with Crippen LogP contribution in [0.2, 0.25) is 0 Å². The van der Waals surface area contributed by atoms with Crippen molar-refractivity contribution in [1.82, 2.24) is 15.5 Å². The van der Waals surface area contributed by atoms with Crippen LogP contribution < -0.4 is 15.4 Å². The molecule has 6 heteroatoms. The molecule has 1 aromatic rings. The highest BCUT2D eigenvalue weighted by atomic mass is 16.5. The van der Waals surface area contributed by atoms with Crippen molar-refractivity contribution in [3.63, 3.8) is 0 Å². The highest BCUT2D eigenvalue weighted by Gasteiger charge is 2.09. The van der Waals surface area contributed by atoms with Crippen molar-refractivity contribution < 1.29 is 9.47 Å². The molecule has 0 unspecified atom stereocenters. The van der Waals surface area contributed by atoms with Gasteiger partial charge in [-0.3, -0.25) is 4.90 Å². The normalized spacial score (nSPS) is 15.9. The molecule has 25 heavy (non-hydrogen) atoms. The van der Waals surface area contributed by atoms with Gasteiger partial charge in [0.1, 0.15) is 5.75 Å². The smallest absolute Gasteiger partial charge is 0.191 e. The van der Waals surface area contributed by atoms with E-state index in [4.69, 9.17) is 9.47 Å². The summed E-state index contributed by atoms with van der Waals surface area (Å²) in [6.07, 6.45) is 1.10. The van der Waals surface area contributed by atoms with Crippen LogP contribution in [0, 0.1) is 6.92 Å². The number of aliphatic imine (C=N–C) groups is 1. The van der Waals surface area contributed by atoms with Gasteiger partial charge in [0.25, 0.3) is 0 Å². The van der Waals surface area contributed by atoms with Crippen molar-refractivity contribution in [2.45, 2.75) is 26.8 Å². The van der Waals surface area contributed by atoms with Crippen molar-refractivity contribution in [1.29, 1.82) is 0 Å². The van der Waals surface area contributed by atoms with Crippen molar-refractivity contribution >= 4 is 5.96 Å². The van der Waals surface area contributed by atoms with Crippen LogP contribution in [0.15, 0.2) is 23.2 Å². The zero-order chi connectivity index (χ0) is 17.9. The van der Waals surface area contributed by atoms with Gasteiger partial charge < -0.3 is 20.1 Å². The molecular formula is C19H32N4O2. The Morgan fingerprint density at radius 3 is 2.76 bits per heavy atom. The minimum atomic E-state index is 0.636. The predicted octanol–water partition coefficient (Wildman–Crippen LogP) is 1.78. The molecule has 1 fully saturated rings. The number of rotatable bonds is 8. The number of benzene rings is 1. The van der Waals surface area contributed by atoms with Crippen molar-refractivity contribution in [3.8, 4) is 5.75 Å². The van der Waals surface area contributed by atoms with Crippen LogP contribution in [0.25, 0.3) is 0 Å². The van der Waals surface area contributed by atoms with Crippen molar-refractivity contribution in [3.05, 3.63) is 29.3 Å². The molecule has 0 radical (unpaired) electrons. The van der Waals surface area contributed by atoms with E-state index >= 15 is 0 Å². The third kappa shape index (κ3) is 7.32. The SMILES string of the molecule is CCNC(=NCc1cc(C)cc(OC)c1)NCCCN1CCOCC1. The Hall–Kier alpha value is -1.79. The average Bonchev–Trinajstić information content (AvgIpc) is 2.63. The van der Waals surface area contributed by atoms with E-state index in [-0.39, 0.29) is 0 Å². The van der Waals surface area contributed by atoms with Crippen LogP contribution >= 0.6 is 0 Å². The number of hydrogen-bond donors (Lipinski definition) is 2. The van der Waals surface area contributed by atoms with E-state index in [9.17, 15) is 0 Å². The molecule has 1 aromatic carbocycles. The maximum atomic E-state index is 5.38. The topological polar surface area (TPSA) is 58.1 Å². The predicted molar refractivity (Wildman–Crippen MR) is 102 cm³/mol. The van der Waals surface area contributed by atoms with Gasteiger partial charge in [-0.25, -0.2) is 4.99 Å². The summed E-state index contributed by atoms with van der Waals surface area (Å²) in [4.78, 5) is 7.14. The van der Waals surface area contributed by atoms with Gasteiger partial charge in [-0.15, -0.1) is 0 Å². The standard InChI is InChI=1S/C19H32N4O2/c1-4-20-19(21-6-5-7-23-8-10-25-11-9-23)22-15-17-12-16(2)13-18(14-17)24-3/h12-14H,4-11,15H2,1-3H3,(H2,20,21,22). The molecule has 2 rings (SSSR count). The molecule has 0 atom stereocenters. The summed E-state index contributed by atoms with van der Waals surface area (Å²) < 4.78 is 10.7. The molecule has 1 aliphatic rings. The number of nitrogens with one attached hydrogen (secondary N) is 2. The summed E-state index contributed by atoms with van der Waals surface area (Å²) in [5.41, 5.74) is 2.34. The minimum absolute atomic E-state index is 0.636. The summed E-state index contributed by atoms with van der Waals surface area (Å²) in [5, 5.41) is 6.73. The first-order chi connectivity index (χ1) is 12.2. The lowest BCUT2D eigenvalue weighted by Gasteiger charge is -2.26. The third-order valence-electron chi connectivity index (χ3n) is 4.16. The van der Waals surface area contributed by atoms with Gasteiger partial charge in [0.2, 0.25) is 0 Å². The fraction of sp³-hybridized carbons (Fsp3) is 0.632. The zero-order valence-electron chi connectivity index (χ0n) is 15.8. The van der Waals surface area contributed by atoms with Gasteiger partial charge in [0, 0.05) is 26.2 Å². The highest BCUT2D eigenvalue weighted by molar-refractivity contribution is 5.79. The molecular weight excluding hydrogens is 316 g/mol. The summed E-state index contributed by atoms with van der Waals surface area (Å²) in [7, 11) is 1.70. The number of ether oxygens (including phenoxy) is 2. The van der Waals surface area contributed by atoms with Gasteiger partial charge >= 0.3 is 0 Å². The average molecular weight is 348 g/mol. The lowest BCUT2D eigenvalue weighted by molar-refractivity contribution is 0.0376. The second-order valence-electron chi connectivity index (χ2n) is 6.29. The van der Waals surface area contributed by atoms with Crippen molar-refractivity contribution in [2.75, 3.05) is 53.0 Å². The molecule has 6 nitrogen and oxygen atoms in total. The van der Waals surface area contributed by atoms with E-state index in [0.717, 1.165) is 69.6 Å². The summed E-state index contributed by atoms with van der Waals surface area (Å²) in [6, 6.07) is 6.22. The lowest BCUT2D eigenvalue weighted by Crippen LogP contribution is -2.40. The largest absolute Gasteiger partial charge is 0.497 e. The fourth-order valence-electron chi connectivity index (χ4n) is 2.88. The van der Waals surface area contributed by atoms with Crippen LogP contribution in [0.3, 0.4) is 0 Å². The van der Waals surface area contributed by atoms with E-state index in [1.807, 2.05) is 12.1 Å². The second kappa shape index (κ2) is 10.9. The molecule has 1 saturated heterocycles. The third-order valence-corrected chi connectivity index (χ3v) is 4.16. The number of hydrogen-bond acceptors (Lipinski definition) is 4. The Morgan fingerprint density at radius 2 is 2.04 bits per heavy atom. The van der Waals surface area contributed by atoms with Gasteiger partial charge in [-0.05, 0) is 50.1 Å². The minimum Gasteiger partial charge on any atom is -0.497 e. The molecule has 1 heterocycles. The molecule has 140 valence electrons. The lowest BCUT2D eigenvalue weighted by atomic mass is 10.1. The number of guanidine groups is 1. The fourth-order valence-corrected chi connectivity index (χ4v) is 2.88. The molecule has 0 saturated carbocycles. The quantitative estimate of drug-likeness (QED) is 0.426.